The fourth-order valence-electron chi connectivity index (χ4n) is 12.2. The zero-order valence-corrected chi connectivity index (χ0v) is 24.4. The van der Waals surface area contributed by atoms with E-state index in [1.807, 2.05) is 0 Å². The number of aliphatic hydroxyl groups excluding tert-OH is 1. The largest absolute Gasteiger partial charge is 0.481 e. The number of fused-ring (bicyclic) bond motifs is 7. The van der Waals surface area contributed by atoms with Gasteiger partial charge in [-0.1, -0.05) is 41.5 Å². The van der Waals surface area contributed by atoms with Crippen molar-refractivity contribution in [2.75, 3.05) is 6.61 Å². The highest BCUT2D eigenvalue weighted by molar-refractivity contribution is 5.76. The summed E-state index contributed by atoms with van der Waals surface area (Å²) in [5.74, 6) is 1.41. The van der Waals surface area contributed by atoms with E-state index >= 15 is 0 Å². The van der Waals surface area contributed by atoms with Crippen LogP contribution in [0.5, 0.6) is 0 Å². The third kappa shape index (κ3) is 3.50. The summed E-state index contributed by atoms with van der Waals surface area (Å²) in [6, 6.07) is 0. The summed E-state index contributed by atoms with van der Waals surface area (Å²) in [5, 5.41) is 20.7. The standard InChI is InChI=1S/C32H52O5/c1-19(18-33)21-10-15-32(27(35)36)17-16-30(6)22(26(21)32)8-9-24-29(5)13-12-25(37-20(2)34)28(3,4)23(29)11-14-31(24,30)7/h19,21-26,33H,8-18H2,1-7H3,(H,35,36)/t19-,21-,22?,23?,24?,25-,26?,29-,30+,31+,32-/m0/s1. The molecule has 0 saturated heterocycles. The van der Waals surface area contributed by atoms with Crippen LogP contribution in [0, 0.1) is 62.6 Å². The van der Waals surface area contributed by atoms with Crippen LogP contribution in [0.3, 0.4) is 0 Å². The maximum absolute atomic E-state index is 12.9. The third-order valence-electron chi connectivity index (χ3n) is 14.2. The van der Waals surface area contributed by atoms with Gasteiger partial charge in [0.2, 0.25) is 0 Å². The highest BCUT2D eigenvalue weighted by Crippen LogP contribution is 2.77. The molecule has 4 unspecified atom stereocenters. The lowest BCUT2D eigenvalue weighted by Gasteiger charge is -2.72. The lowest BCUT2D eigenvalue weighted by Crippen LogP contribution is -2.67. The summed E-state index contributed by atoms with van der Waals surface area (Å²) in [5.41, 5.74) is -0.160. The molecule has 11 atom stereocenters. The summed E-state index contributed by atoms with van der Waals surface area (Å²) < 4.78 is 5.88. The molecule has 0 aromatic rings. The molecule has 0 bridgehead atoms. The topological polar surface area (TPSA) is 83.8 Å². The van der Waals surface area contributed by atoms with Crippen molar-refractivity contribution >= 4 is 11.9 Å². The van der Waals surface area contributed by atoms with Crippen LogP contribution in [0.4, 0.5) is 0 Å². The van der Waals surface area contributed by atoms with Crippen LogP contribution in [0.15, 0.2) is 0 Å². The van der Waals surface area contributed by atoms with Gasteiger partial charge >= 0.3 is 11.9 Å². The molecule has 37 heavy (non-hydrogen) atoms. The average molecular weight is 517 g/mol. The van der Waals surface area contributed by atoms with Crippen molar-refractivity contribution in [3.8, 4) is 0 Å². The van der Waals surface area contributed by atoms with Gasteiger partial charge in [0.15, 0.2) is 0 Å². The molecule has 5 saturated carbocycles. The summed E-state index contributed by atoms with van der Waals surface area (Å²) >= 11 is 0. The molecule has 0 heterocycles. The summed E-state index contributed by atoms with van der Waals surface area (Å²) in [4.78, 5) is 24.8. The van der Waals surface area contributed by atoms with Gasteiger partial charge in [-0.15, -0.1) is 0 Å². The minimum Gasteiger partial charge on any atom is -0.481 e. The second kappa shape index (κ2) is 8.70. The summed E-state index contributed by atoms with van der Waals surface area (Å²) in [6.45, 7) is 16.2. The molecular formula is C32H52O5. The first-order valence-corrected chi connectivity index (χ1v) is 15.2. The van der Waals surface area contributed by atoms with Crippen LogP contribution < -0.4 is 0 Å². The Morgan fingerprint density at radius 1 is 0.865 bits per heavy atom. The van der Waals surface area contributed by atoms with Crippen molar-refractivity contribution < 1.29 is 24.5 Å². The van der Waals surface area contributed by atoms with Crippen molar-refractivity contribution in [1.29, 1.82) is 0 Å². The number of hydrogen-bond donors (Lipinski definition) is 2. The van der Waals surface area contributed by atoms with E-state index in [-0.39, 0.29) is 52.2 Å². The molecule has 5 aliphatic rings. The minimum atomic E-state index is -0.605. The van der Waals surface area contributed by atoms with Gasteiger partial charge in [-0.3, -0.25) is 9.59 Å². The maximum Gasteiger partial charge on any atom is 0.309 e. The SMILES string of the molecule is CC(=O)O[C@H]1CC[C@@]2(C)C(CC[C@]3(C)C2CCC2C4[C@H]([C@@H](C)CO)CC[C@]4(C(=O)O)CC[C@]23C)C1(C)C. The molecule has 5 rings (SSSR count). The van der Waals surface area contributed by atoms with Crippen LogP contribution in [0.2, 0.25) is 0 Å². The number of rotatable bonds is 4. The van der Waals surface area contributed by atoms with Gasteiger partial charge < -0.3 is 14.9 Å². The van der Waals surface area contributed by atoms with E-state index in [1.54, 1.807) is 0 Å². The van der Waals surface area contributed by atoms with E-state index in [0.717, 1.165) is 51.4 Å². The average Bonchev–Trinajstić information content (AvgIpc) is 3.22. The predicted octanol–water partition coefficient (Wildman–Crippen LogP) is 6.71. The first-order chi connectivity index (χ1) is 17.2. The molecule has 5 heteroatoms. The van der Waals surface area contributed by atoms with Crippen LogP contribution >= 0.6 is 0 Å². The highest BCUT2D eigenvalue weighted by Gasteiger charge is 2.72. The maximum atomic E-state index is 12.9. The first-order valence-electron chi connectivity index (χ1n) is 15.2. The summed E-state index contributed by atoms with van der Waals surface area (Å²) in [6.07, 6.45) is 10.2. The smallest absolute Gasteiger partial charge is 0.309 e. The number of aliphatic carboxylic acids is 1. The lowest BCUT2D eigenvalue weighted by atomic mass is 9.32. The first kappa shape index (κ1) is 27.5. The molecule has 0 spiro atoms. The molecule has 5 aliphatic carbocycles. The quantitative estimate of drug-likeness (QED) is 0.406. The summed E-state index contributed by atoms with van der Waals surface area (Å²) in [7, 11) is 0. The van der Waals surface area contributed by atoms with E-state index in [4.69, 9.17) is 4.74 Å². The van der Waals surface area contributed by atoms with Crippen LogP contribution in [0.1, 0.15) is 113 Å². The molecule has 5 fully saturated rings. The number of carbonyl (C=O) groups is 2. The normalized spacial score (nSPS) is 51.1. The van der Waals surface area contributed by atoms with E-state index in [1.165, 1.54) is 19.8 Å². The Balaban J connectivity index is 1.52. The number of carboxylic acids is 1. The van der Waals surface area contributed by atoms with Gasteiger partial charge in [0.1, 0.15) is 6.10 Å². The Morgan fingerprint density at radius 3 is 2.19 bits per heavy atom. The van der Waals surface area contributed by atoms with Crippen LogP contribution in [-0.4, -0.2) is 34.9 Å². The highest BCUT2D eigenvalue weighted by atomic mass is 16.5. The minimum absolute atomic E-state index is 0.00978. The number of hydrogen-bond acceptors (Lipinski definition) is 4. The van der Waals surface area contributed by atoms with Gasteiger partial charge in [-0.05, 0) is 116 Å². The third-order valence-corrected chi connectivity index (χ3v) is 14.2. The van der Waals surface area contributed by atoms with Gasteiger partial charge in [0.25, 0.3) is 0 Å². The van der Waals surface area contributed by atoms with E-state index < -0.39 is 11.4 Å². The van der Waals surface area contributed by atoms with Gasteiger partial charge in [0.05, 0.1) is 5.41 Å². The van der Waals surface area contributed by atoms with Gasteiger partial charge in [0, 0.05) is 18.9 Å². The Hall–Kier alpha value is -1.10. The Labute approximate surface area is 224 Å². The number of esters is 1. The van der Waals surface area contributed by atoms with Gasteiger partial charge in [-0.25, -0.2) is 0 Å². The van der Waals surface area contributed by atoms with E-state index in [2.05, 4.69) is 41.5 Å². The Morgan fingerprint density at radius 2 is 1.57 bits per heavy atom. The zero-order valence-electron chi connectivity index (χ0n) is 24.4. The molecule has 0 radical (unpaired) electrons. The van der Waals surface area contributed by atoms with Crippen molar-refractivity contribution in [2.24, 2.45) is 62.6 Å². The second-order valence-electron chi connectivity index (χ2n) is 15.5. The van der Waals surface area contributed by atoms with Crippen molar-refractivity contribution in [3.63, 3.8) is 0 Å². The Kier molecular flexibility index (Phi) is 6.46. The predicted molar refractivity (Wildman–Crippen MR) is 144 cm³/mol. The molecule has 0 aromatic heterocycles. The molecule has 0 aliphatic heterocycles. The van der Waals surface area contributed by atoms with Crippen molar-refractivity contribution in [2.45, 2.75) is 119 Å². The van der Waals surface area contributed by atoms with Crippen molar-refractivity contribution in [3.05, 3.63) is 0 Å². The van der Waals surface area contributed by atoms with Crippen LogP contribution in [-0.2, 0) is 14.3 Å². The molecule has 210 valence electrons. The van der Waals surface area contributed by atoms with Crippen LogP contribution in [0.25, 0.3) is 0 Å². The lowest BCUT2D eigenvalue weighted by molar-refractivity contribution is -0.251. The number of carbonyl (C=O) groups excluding carboxylic acids is 1. The number of aliphatic hydroxyl groups is 1. The molecule has 0 amide bonds. The van der Waals surface area contributed by atoms with E-state index in [9.17, 15) is 19.8 Å². The second-order valence-corrected chi connectivity index (χ2v) is 15.5. The molecule has 0 aromatic carbocycles. The number of ether oxygens (including phenoxy) is 1. The molecule has 2 N–H and O–H groups in total. The fourth-order valence-corrected chi connectivity index (χ4v) is 12.2. The molecule has 5 nitrogen and oxygen atoms in total. The monoisotopic (exact) mass is 516 g/mol. The van der Waals surface area contributed by atoms with Gasteiger partial charge in [-0.2, -0.15) is 0 Å². The van der Waals surface area contributed by atoms with Crippen molar-refractivity contribution in [1.82, 2.24) is 0 Å². The Bertz CT molecular complexity index is 943. The zero-order chi connectivity index (χ0) is 27.2. The number of carboxylic acid groups (broad SMARTS) is 1. The molecular weight excluding hydrogens is 464 g/mol. The van der Waals surface area contributed by atoms with E-state index in [0.29, 0.717) is 23.7 Å². The fraction of sp³-hybridized carbons (Fsp3) is 0.938.